The Bertz CT molecular complexity index is 491. The van der Waals surface area contributed by atoms with E-state index < -0.39 is 5.60 Å². The van der Waals surface area contributed by atoms with Crippen molar-refractivity contribution in [3.05, 3.63) is 29.3 Å². The van der Waals surface area contributed by atoms with Gasteiger partial charge in [-0.1, -0.05) is 46.8 Å². The van der Waals surface area contributed by atoms with E-state index in [1.807, 2.05) is 6.07 Å². The van der Waals surface area contributed by atoms with Crippen molar-refractivity contribution in [1.29, 1.82) is 0 Å². The van der Waals surface area contributed by atoms with Crippen LogP contribution in [0.25, 0.3) is 0 Å². The molecule has 2 heteroatoms. The molecular weight excluding hydrogens is 248 g/mol. The van der Waals surface area contributed by atoms with Gasteiger partial charge in [0.05, 0.1) is 5.60 Å². The summed E-state index contributed by atoms with van der Waals surface area (Å²) < 4.78 is 0. The molecule has 1 saturated carbocycles. The van der Waals surface area contributed by atoms with Crippen LogP contribution in [0.1, 0.15) is 65.0 Å². The molecular formula is C18H28O2. The van der Waals surface area contributed by atoms with Crippen LogP contribution in [0.2, 0.25) is 0 Å². The van der Waals surface area contributed by atoms with E-state index in [9.17, 15) is 10.2 Å². The molecule has 2 rings (SSSR count). The first-order valence-corrected chi connectivity index (χ1v) is 7.56. The second-order valence-electron chi connectivity index (χ2n) is 8.37. The van der Waals surface area contributed by atoms with Gasteiger partial charge >= 0.3 is 0 Å². The first-order valence-electron chi connectivity index (χ1n) is 7.56. The van der Waals surface area contributed by atoms with Crippen LogP contribution < -0.4 is 0 Å². The van der Waals surface area contributed by atoms with Gasteiger partial charge in [0.2, 0.25) is 0 Å². The number of rotatable bonds is 4. The average Bonchev–Trinajstić information content (AvgIpc) is 2.96. The van der Waals surface area contributed by atoms with Crippen molar-refractivity contribution >= 4 is 0 Å². The standard InChI is InChI=1S/C18H28O2/c1-16(2,3)12-17(4,5)14-6-7-15(19)13(10-14)11-18(20)8-9-18/h6-7,10,19-20H,8-9,11-12H2,1-5H3. The summed E-state index contributed by atoms with van der Waals surface area (Å²) in [5, 5.41) is 20.1. The molecule has 20 heavy (non-hydrogen) atoms. The molecule has 1 aliphatic carbocycles. The highest BCUT2D eigenvalue weighted by molar-refractivity contribution is 5.40. The minimum Gasteiger partial charge on any atom is -0.508 e. The predicted molar refractivity (Wildman–Crippen MR) is 83.1 cm³/mol. The van der Waals surface area contributed by atoms with Gasteiger partial charge in [-0.25, -0.2) is 0 Å². The van der Waals surface area contributed by atoms with Gasteiger partial charge in [-0.2, -0.15) is 0 Å². The molecule has 0 atom stereocenters. The summed E-state index contributed by atoms with van der Waals surface area (Å²) in [7, 11) is 0. The molecule has 0 radical (unpaired) electrons. The summed E-state index contributed by atoms with van der Waals surface area (Å²) in [6, 6.07) is 5.87. The highest BCUT2D eigenvalue weighted by Gasteiger charge is 2.41. The van der Waals surface area contributed by atoms with Crippen molar-refractivity contribution in [2.75, 3.05) is 0 Å². The van der Waals surface area contributed by atoms with Crippen LogP contribution in [0, 0.1) is 5.41 Å². The molecule has 0 unspecified atom stereocenters. The lowest BCUT2D eigenvalue weighted by Gasteiger charge is -2.33. The molecule has 0 aliphatic heterocycles. The summed E-state index contributed by atoms with van der Waals surface area (Å²) in [5.74, 6) is 0.306. The first kappa shape index (κ1) is 15.4. The fourth-order valence-electron chi connectivity index (χ4n) is 3.25. The Balaban J connectivity index is 2.26. The number of phenolic OH excluding ortho intramolecular Hbond substituents is 1. The topological polar surface area (TPSA) is 40.5 Å². The lowest BCUT2D eigenvalue weighted by atomic mass is 9.72. The number of aromatic hydroxyl groups is 1. The van der Waals surface area contributed by atoms with Crippen LogP contribution in [0.15, 0.2) is 18.2 Å². The van der Waals surface area contributed by atoms with Crippen LogP contribution in [0.4, 0.5) is 0 Å². The third kappa shape index (κ3) is 3.76. The molecule has 0 spiro atoms. The molecule has 0 bridgehead atoms. The Labute approximate surface area is 122 Å². The van der Waals surface area contributed by atoms with Crippen molar-refractivity contribution in [2.45, 2.75) is 71.3 Å². The minimum absolute atomic E-state index is 0.0624. The van der Waals surface area contributed by atoms with Crippen molar-refractivity contribution in [1.82, 2.24) is 0 Å². The van der Waals surface area contributed by atoms with Gasteiger partial charge < -0.3 is 10.2 Å². The van der Waals surface area contributed by atoms with Crippen LogP contribution in [-0.4, -0.2) is 15.8 Å². The number of aliphatic hydroxyl groups is 1. The molecule has 0 saturated heterocycles. The molecule has 1 aliphatic rings. The number of phenols is 1. The Hall–Kier alpha value is -1.02. The Morgan fingerprint density at radius 1 is 1.10 bits per heavy atom. The normalized spacial score (nSPS) is 18.1. The molecule has 0 aromatic heterocycles. The number of hydrogen-bond acceptors (Lipinski definition) is 2. The summed E-state index contributed by atoms with van der Waals surface area (Å²) in [6.45, 7) is 11.3. The van der Waals surface area contributed by atoms with Crippen molar-refractivity contribution in [3.8, 4) is 5.75 Å². The van der Waals surface area contributed by atoms with E-state index in [0.29, 0.717) is 12.2 Å². The zero-order valence-electron chi connectivity index (χ0n) is 13.5. The fraction of sp³-hybridized carbons (Fsp3) is 0.667. The van der Waals surface area contributed by atoms with Gasteiger partial charge in [0.15, 0.2) is 0 Å². The second kappa shape index (κ2) is 4.77. The quantitative estimate of drug-likeness (QED) is 0.866. The van der Waals surface area contributed by atoms with Crippen molar-refractivity contribution < 1.29 is 10.2 Å². The maximum Gasteiger partial charge on any atom is 0.118 e. The highest BCUT2D eigenvalue weighted by atomic mass is 16.3. The SMILES string of the molecule is CC(C)(C)CC(C)(C)c1ccc(O)c(CC2(O)CC2)c1. The molecule has 2 nitrogen and oxygen atoms in total. The second-order valence-corrected chi connectivity index (χ2v) is 8.37. The Morgan fingerprint density at radius 2 is 1.70 bits per heavy atom. The lowest BCUT2D eigenvalue weighted by molar-refractivity contribution is 0.150. The van der Waals surface area contributed by atoms with Crippen LogP contribution in [0.5, 0.6) is 5.75 Å². The summed E-state index contributed by atoms with van der Waals surface area (Å²) >= 11 is 0. The van der Waals surface area contributed by atoms with E-state index in [0.717, 1.165) is 24.8 Å². The van der Waals surface area contributed by atoms with Crippen molar-refractivity contribution in [3.63, 3.8) is 0 Å². The maximum absolute atomic E-state index is 10.1. The fourth-order valence-corrected chi connectivity index (χ4v) is 3.25. The smallest absolute Gasteiger partial charge is 0.118 e. The zero-order valence-corrected chi connectivity index (χ0v) is 13.5. The van der Waals surface area contributed by atoms with E-state index in [1.54, 1.807) is 6.07 Å². The van der Waals surface area contributed by atoms with Gasteiger partial charge in [-0.3, -0.25) is 0 Å². The highest BCUT2D eigenvalue weighted by Crippen LogP contribution is 2.42. The van der Waals surface area contributed by atoms with E-state index in [1.165, 1.54) is 5.56 Å². The maximum atomic E-state index is 10.1. The molecule has 0 amide bonds. The van der Waals surface area contributed by atoms with Gasteiger partial charge in [0.1, 0.15) is 5.75 Å². The van der Waals surface area contributed by atoms with Crippen LogP contribution >= 0.6 is 0 Å². The van der Waals surface area contributed by atoms with Crippen LogP contribution in [0.3, 0.4) is 0 Å². The Morgan fingerprint density at radius 3 is 2.20 bits per heavy atom. The van der Waals surface area contributed by atoms with E-state index in [2.05, 4.69) is 40.7 Å². The van der Waals surface area contributed by atoms with Crippen molar-refractivity contribution in [2.24, 2.45) is 5.41 Å². The number of hydrogen-bond donors (Lipinski definition) is 2. The molecule has 0 heterocycles. The third-order valence-electron chi connectivity index (χ3n) is 4.18. The van der Waals surface area contributed by atoms with E-state index in [4.69, 9.17) is 0 Å². The van der Waals surface area contributed by atoms with Gasteiger partial charge in [0, 0.05) is 6.42 Å². The summed E-state index contributed by atoms with van der Waals surface area (Å²) in [4.78, 5) is 0. The average molecular weight is 276 g/mol. The first-order chi connectivity index (χ1) is 9.01. The van der Waals surface area contributed by atoms with Crippen LogP contribution in [-0.2, 0) is 11.8 Å². The summed E-state index contributed by atoms with van der Waals surface area (Å²) in [6.07, 6.45) is 3.34. The molecule has 112 valence electrons. The third-order valence-corrected chi connectivity index (χ3v) is 4.18. The van der Waals surface area contributed by atoms with E-state index >= 15 is 0 Å². The molecule has 2 N–H and O–H groups in total. The zero-order chi connectivity index (χ0) is 15.2. The molecule has 1 aromatic rings. The van der Waals surface area contributed by atoms with Gasteiger partial charge in [0.25, 0.3) is 0 Å². The van der Waals surface area contributed by atoms with Gasteiger partial charge in [-0.05, 0) is 47.3 Å². The number of benzene rings is 1. The lowest BCUT2D eigenvalue weighted by Crippen LogP contribution is -2.25. The molecule has 1 fully saturated rings. The monoisotopic (exact) mass is 276 g/mol. The molecule has 1 aromatic carbocycles. The summed E-state index contributed by atoms with van der Waals surface area (Å²) in [5.41, 5.74) is 1.88. The van der Waals surface area contributed by atoms with E-state index in [-0.39, 0.29) is 10.8 Å². The largest absolute Gasteiger partial charge is 0.508 e. The Kier molecular flexibility index (Phi) is 3.66. The minimum atomic E-state index is -0.565. The predicted octanol–water partition coefficient (Wildman–Crippen LogP) is 4.17. The van der Waals surface area contributed by atoms with Gasteiger partial charge in [-0.15, -0.1) is 0 Å².